The molecule has 0 fully saturated rings. The second-order valence-electron chi connectivity index (χ2n) is 3.48. The molecule has 3 N–H and O–H groups in total. The van der Waals surface area contributed by atoms with Crippen molar-refractivity contribution in [2.24, 2.45) is 0 Å². The van der Waals surface area contributed by atoms with E-state index >= 15 is 0 Å². The van der Waals surface area contributed by atoms with Gasteiger partial charge in [-0.15, -0.1) is 0 Å². The third-order valence-corrected chi connectivity index (χ3v) is 2.42. The van der Waals surface area contributed by atoms with Crippen LogP contribution in [-0.4, -0.2) is 24.7 Å². The molecular weight excluding hydrogens is 270 g/mol. The second kappa shape index (κ2) is 7.46. The van der Waals surface area contributed by atoms with Crippen molar-refractivity contribution in [3.63, 3.8) is 0 Å². The minimum atomic E-state index is 0.656. The number of rotatable bonds is 7. The fourth-order valence-electron chi connectivity index (χ4n) is 1.23. The van der Waals surface area contributed by atoms with Gasteiger partial charge in [0.15, 0.2) is 0 Å². The molecule has 90 valence electrons. The predicted octanol–water partition coefficient (Wildman–Crippen LogP) is 2.65. The Balaban J connectivity index is 2.21. The Morgan fingerprint density at radius 3 is 3.00 bits per heavy atom. The Morgan fingerprint density at radius 1 is 1.50 bits per heavy atom. The first-order chi connectivity index (χ1) is 7.74. The normalized spacial score (nSPS) is 10.4. The van der Waals surface area contributed by atoms with Crippen LogP contribution < -0.4 is 11.1 Å². The van der Waals surface area contributed by atoms with Gasteiger partial charge < -0.3 is 15.8 Å². The lowest BCUT2D eigenvalue weighted by molar-refractivity contribution is 0.134. The summed E-state index contributed by atoms with van der Waals surface area (Å²) in [6.07, 6.45) is 3.75. The summed E-state index contributed by atoms with van der Waals surface area (Å²) >= 11 is 3.32. The zero-order valence-electron chi connectivity index (χ0n) is 9.50. The minimum Gasteiger partial charge on any atom is -0.396 e. The summed E-state index contributed by atoms with van der Waals surface area (Å²) in [6.45, 7) is 4.53. The Bertz CT molecular complexity index is 320. The number of hydrogen-bond donors (Lipinski definition) is 2. The van der Waals surface area contributed by atoms with E-state index < -0.39 is 0 Å². The van der Waals surface area contributed by atoms with Gasteiger partial charge in [-0.05, 0) is 34.8 Å². The number of ether oxygens (including phenoxy) is 1. The van der Waals surface area contributed by atoms with Crippen molar-refractivity contribution >= 4 is 27.4 Å². The number of hydrogen-bond acceptors (Lipinski definition) is 4. The van der Waals surface area contributed by atoms with Gasteiger partial charge >= 0.3 is 0 Å². The third-order valence-electron chi connectivity index (χ3n) is 1.99. The van der Waals surface area contributed by atoms with E-state index in [0.717, 1.165) is 42.9 Å². The number of nitrogens with one attached hydrogen (secondary N) is 1. The Hall–Kier alpha value is -0.810. The van der Waals surface area contributed by atoms with Crippen LogP contribution in [0.15, 0.2) is 16.7 Å². The number of pyridine rings is 1. The van der Waals surface area contributed by atoms with Crippen molar-refractivity contribution < 1.29 is 4.74 Å². The summed E-state index contributed by atoms with van der Waals surface area (Å²) in [7, 11) is 0. The van der Waals surface area contributed by atoms with Crippen LogP contribution in [0, 0.1) is 0 Å². The summed E-state index contributed by atoms with van der Waals surface area (Å²) in [5.74, 6) is 0.735. The van der Waals surface area contributed by atoms with Gasteiger partial charge in [0.1, 0.15) is 5.82 Å². The fraction of sp³-hybridized carbons (Fsp3) is 0.545. The van der Waals surface area contributed by atoms with Crippen LogP contribution in [0.25, 0.3) is 0 Å². The highest BCUT2D eigenvalue weighted by atomic mass is 79.9. The predicted molar refractivity (Wildman–Crippen MR) is 70.6 cm³/mol. The van der Waals surface area contributed by atoms with Gasteiger partial charge in [0.2, 0.25) is 0 Å². The van der Waals surface area contributed by atoms with Crippen LogP contribution in [0.4, 0.5) is 11.5 Å². The van der Waals surface area contributed by atoms with Gasteiger partial charge in [-0.1, -0.05) is 6.92 Å². The number of nitrogens with zero attached hydrogens (tertiary/aromatic N) is 1. The lowest BCUT2D eigenvalue weighted by Gasteiger charge is -2.08. The lowest BCUT2D eigenvalue weighted by atomic mass is 10.3. The maximum Gasteiger partial charge on any atom is 0.149 e. The fourth-order valence-corrected chi connectivity index (χ4v) is 1.58. The molecule has 0 saturated heterocycles. The molecule has 0 aliphatic heterocycles. The van der Waals surface area contributed by atoms with Gasteiger partial charge in [-0.25, -0.2) is 4.98 Å². The van der Waals surface area contributed by atoms with Gasteiger partial charge in [0.25, 0.3) is 0 Å². The molecule has 0 amide bonds. The highest BCUT2D eigenvalue weighted by Gasteiger charge is 2.00. The molecule has 1 rings (SSSR count). The van der Waals surface area contributed by atoms with E-state index in [4.69, 9.17) is 10.5 Å². The number of nitrogen functional groups attached to an aromatic ring is 1. The first-order valence-electron chi connectivity index (χ1n) is 5.46. The summed E-state index contributed by atoms with van der Waals surface area (Å²) in [5.41, 5.74) is 6.45. The largest absolute Gasteiger partial charge is 0.396 e. The Labute approximate surface area is 105 Å². The molecule has 1 aromatic heterocycles. The van der Waals surface area contributed by atoms with Crippen molar-refractivity contribution in [3.05, 3.63) is 16.7 Å². The van der Waals surface area contributed by atoms with E-state index in [9.17, 15) is 0 Å². The molecule has 0 aromatic carbocycles. The van der Waals surface area contributed by atoms with E-state index in [-0.39, 0.29) is 0 Å². The van der Waals surface area contributed by atoms with Crippen LogP contribution in [0.1, 0.15) is 19.8 Å². The van der Waals surface area contributed by atoms with Crippen molar-refractivity contribution in [2.45, 2.75) is 19.8 Å². The molecule has 1 heterocycles. The van der Waals surface area contributed by atoms with Gasteiger partial charge in [-0.2, -0.15) is 0 Å². The van der Waals surface area contributed by atoms with E-state index in [1.807, 2.05) is 6.07 Å². The average molecular weight is 288 g/mol. The molecule has 1 aromatic rings. The molecule has 0 atom stereocenters. The molecule has 0 aliphatic carbocycles. The highest BCUT2D eigenvalue weighted by molar-refractivity contribution is 9.10. The maximum atomic E-state index is 5.80. The van der Waals surface area contributed by atoms with Crippen molar-refractivity contribution in [2.75, 3.05) is 30.8 Å². The molecule has 0 unspecified atom stereocenters. The standard InChI is InChI=1S/C11H18BrN3O/c1-2-5-16-6-3-4-14-11-10(13)7-9(12)8-15-11/h7-8H,2-6,13H2,1H3,(H,14,15). The summed E-state index contributed by atoms with van der Waals surface area (Å²) in [6, 6.07) is 1.84. The molecule has 0 spiro atoms. The van der Waals surface area contributed by atoms with Crippen molar-refractivity contribution in [1.82, 2.24) is 4.98 Å². The highest BCUT2D eigenvalue weighted by Crippen LogP contribution is 2.19. The summed E-state index contributed by atoms with van der Waals surface area (Å²) in [5, 5.41) is 3.18. The molecule has 0 radical (unpaired) electrons. The Morgan fingerprint density at radius 2 is 2.31 bits per heavy atom. The topological polar surface area (TPSA) is 60.2 Å². The lowest BCUT2D eigenvalue weighted by Crippen LogP contribution is -2.09. The monoisotopic (exact) mass is 287 g/mol. The first-order valence-corrected chi connectivity index (χ1v) is 6.26. The van der Waals surface area contributed by atoms with Crippen LogP contribution >= 0.6 is 15.9 Å². The smallest absolute Gasteiger partial charge is 0.149 e. The second-order valence-corrected chi connectivity index (χ2v) is 4.40. The molecule has 0 bridgehead atoms. The zero-order valence-corrected chi connectivity index (χ0v) is 11.1. The number of anilines is 2. The van der Waals surface area contributed by atoms with Crippen molar-refractivity contribution in [3.8, 4) is 0 Å². The van der Waals surface area contributed by atoms with Gasteiger partial charge in [0.05, 0.1) is 5.69 Å². The van der Waals surface area contributed by atoms with Crippen LogP contribution in [0.5, 0.6) is 0 Å². The quantitative estimate of drug-likeness (QED) is 0.757. The zero-order chi connectivity index (χ0) is 11.8. The third kappa shape index (κ3) is 4.81. The number of halogens is 1. The number of aromatic nitrogens is 1. The van der Waals surface area contributed by atoms with Crippen molar-refractivity contribution in [1.29, 1.82) is 0 Å². The van der Waals surface area contributed by atoms with E-state index in [1.54, 1.807) is 6.20 Å². The van der Waals surface area contributed by atoms with Crippen LogP contribution in [-0.2, 0) is 4.74 Å². The minimum absolute atomic E-state index is 0.656. The number of nitrogens with two attached hydrogens (primary N) is 1. The molecule has 4 nitrogen and oxygen atoms in total. The van der Waals surface area contributed by atoms with Gasteiger partial charge in [-0.3, -0.25) is 0 Å². The summed E-state index contributed by atoms with van der Waals surface area (Å²) < 4.78 is 6.26. The van der Waals surface area contributed by atoms with Crippen LogP contribution in [0.2, 0.25) is 0 Å². The SMILES string of the molecule is CCCOCCCNc1ncc(Br)cc1N. The summed E-state index contributed by atoms with van der Waals surface area (Å²) in [4.78, 5) is 4.19. The van der Waals surface area contributed by atoms with E-state index in [1.165, 1.54) is 0 Å². The Kier molecular flexibility index (Phi) is 6.18. The van der Waals surface area contributed by atoms with Crippen LogP contribution in [0.3, 0.4) is 0 Å². The van der Waals surface area contributed by atoms with E-state index in [2.05, 4.69) is 33.2 Å². The maximum absolute atomic E-state index is 5.80. The average Bonchev–Trinajstić information content (AvgIpc) is 2.26. The molecule has 0 aliphatic rings. The first kappa shape index (κ1) is 13.3. The molecule has 5 heteroatoms. The molecule has 16 heavy (non-hydrogen) atoms. The molecular formula is C11H18BrN3O. The van der Waals surface area contributed by atoms with Gasteiger partial charge in [0, 0.05) is 30.4 Å². The molecule has 0 saturated carbocycles. The van der Waals surface area contributed by atoms with E-state index in [0.29, 0.717) is 5.69 Å².